The van der Waals surface area contributed by atoms with Crippen LogP contribution in [0.2, 0.25) is 5.02 Å². The van der Waals surface area contributed by atoms with E-state index in [1.54, 1.807) is 6.07 Å². The Morgan fingerprint density at radius 2 is 2.00 bits per heavy atom. The van der Waals surface area contributed by atoms with E-state index in [2.05, 4.69) is 20.8 Å². The van der Waals surface area contributed by atoms with Crippen LogP contribution in [0.25, 0.3) is 0 Å². The Morgan fingerprint density at radius 1 is 1.17 bits per heavy atom. The molecule has 0 aliphatic rings. The Morgan fingerprint density at radius 3 is 2.70 bits per heavy atom. The van der Waals surface area contributed by atoms with E-state index in [9.17, 15) is 4.79 Å². The van der Waals surface area contributed by atoms with Crippen LogP contribution >= 0.6 is 11.6 Å². The van der Waals surface area contributed by atoms with Gasteiger partial charge in [-0.1, -0.05) is 54.1 Å². The fourth-order valence-corrected chi connectivity index (χ4v) is 2.49. The summed E-state index contributed by atoms with van der Waals surface area (Å²) in [7, 11) is 0. The van der Waals surface area contributed by atoms with Crippen molar-refractivity contribution in [2.45, 2.75) is 12.6 Å². The summed E-state index contributed by atoms with van der Waals surface area (Å²) in [4.78, 5) is 12.6. The molecular formula is C16H14ClN5O. The quantitative estimate of drug-likeness (QED) is 0.780. The molecule has 116 valence electrons. The second-order valence-electron chi connectivity index (χ2n) is 4.95. The van der Waals surface area contributed by atoms with E-state index in [0.717, 1.165) is 11.1 Å². The van der Waals surface area contributed by atoms with Gasteiger partial charge in [0.2, 0.25) is 5.91 Å². The first-order chi connectivity index (χ1) is 11.2. The molecule has 3 aromatic rings. The van der Waals surface area contributed by atoms with Crippen molar-refractivity contribution in [3.05, 3.63) is 77.1 Å². The Balaban J connectivity index is 1.79. The highest BCUT2D eigenvalue weighted by Crippen LogP contribution is 2.17. The molecule has 0 radical (unpaired) electrons. The van der Waals surface area contributed by atoms with Crippen molar-refractivity contribution in [1.29, 1.82) is 0 Å². The molecule has 0 aliphatic carbocycles. The van der Waals surface area contributed by atoms with Gasteiger partial charge in [0.1, 0.15) is 6.33 Å². The van der Waals surface area contributed by atoms with Gasteiger partial charge in [0, 0.05) is 11.6 Å². The van der Waals surface area contributed by atoms with Gasteiger partial charge in [-0.25, -0.2) is 4.68 Å². The molecule has 2 aromatic carbocycles. The highest BCUT2D eigenvalue weighted by molar-refractivity contribution is 6.30. The SMILES string of the molecule is O=C(NCc1cccc(Cl)c1)[C@H](c1ccccc1)n1cnnn1. The summed E-state index contributed by atoms with van der Waals surface area (Å²) >= 11 is 5.96. The maximum Gasteiger partial charge on any atom is 0.249 e. The molecule has 6 nitrogen and oxygen atoms in total. The monoisotopic (exact) mass is 327 g/mol. The number of nitrogens with zero attached hydrogens (tertiary/aromatic N) is 4. The number of tetrazole rings is 1. The van der Waals surface area contributed by atoms with E-state index in [1.807, 2.05) is 48.5 Å². The van der Waals surface area contributed by atoms with Gasteiger partial charge in [-0.3, -0.25) is 4.79 Å². The van der Waals surface area contributed by atoms with Gasteiger partial charge in [0.05, 0.1) is 0 Å². The molecule has 1 amide bonds. The van der Waals surface area contributed by atoms with Gasteiger partial charge >= 0.3 is 0 Å². The van der Waals surface area contributed by atoms with Crippen LogP contribution < -0.4 is 5.32 Å². The Kier molecular flexibility index (Phi) is 4.63. The molecule has 1 aromatic heterocycles. The molecule has 1 atom stereocenters. The van der Waals surface area contributed by atoms with Crippen molar-refractivity contribution >= 4 is 17.5 Å². The molecule has 0 unspecified atom stereocenters. The van der Waals surface area contributed by atoms with Crippen molar-refractivity contribution in [2.24, 2.45) is 0 Å². The second kappa shape index (κ2) is 7.02. The van der Waals surface area contributed by atoms with Crippen molar-refractivity contribution in [2.75, 3.05) is 0 Å². The van der Waals surface area contributed by atoms with E-state index in [4.69, 9.17) is 11.6 Å². The van der Waals surface area contributed by atoms with Crippen molar-refractivity contribution in [3.8, 4) is 0 Å². The summed E-state index contributed by atoms with van der Waals surface area (Å²) in [6, 6.07) is 16.1. The molecule has 3 rings (SSSR count). The number of hydrogen-bond donors (Lipinski definition) is 1. The van der Waals surface area contributed by atoms with Crippen LogP contribution in [0, 0.1) is 0 Å². The number of rotatable bonds is 5. The minimum atomic E-state index is -0.620. The lowest BCUT2D eigenvalue weighted by atomic mass is 10.1. The number of carbonyl (C=O) groups is 1. The van der Waals surface area contributed by atoms with E-state index < -0.39 is 6.04 Å². The first-order valence-corrected chi connectivity index (χ1v) is 7.41. The van der Waals surface area contributed by atoms with Crippen LogP contribution in [0.4, 0.5) is 0 Å². The maximum atomic E-state index is 12.6. The van der Waals surface area contributed by atoms with Gasteiger partial charge in [-0.2, -0.15) is 0 Å². The first kappa shape index (κ1) is 15.2. The van der Waals surface area contributed by atoms with E-state index in [1.165, 1.54) is 11.0 Å². The summed E-state index contributed by atoms with van der Waals surface area (Å²) < 4.78 is 1.43. The molecule has 1 heterocycles. The number of amides is 1. The molecule has 0 fully saturated rings. The second-order valence-corrected chi connectivity index (χ2v) is 5.39. The van der Waals surface area contributed by atoms with Gasteiger partial charge in [0.25, 0.3) is 0 Å². The number of halogens is 1. The largest absolute Gasteiger partial charge is 0.350 e. The molecule has 0 bridgehead atoms. The van der Waals surface area contributed by atoms with Gasteiger partial charge in [-0.15, -0.1) is 5.10 Å². The summed E-state index contributed by atoms with van der Waals surface area (Å²) in [6.07, 6.45) is 1.43. The van der Waals surface area contributed by atoms with Crippen molar-refractivity contribution in [3.63, 3.8) is 0 Å². The van der Waals surface area contributed by atoms with Crippen molar-refractivity contribution < 1.29 is 4.79 Å². The summed E-state index contributed by atoms with van der Waals surface area (Å²) in [5, 5.41) is 14.6. The van der Waals surface area contributed by atoms with Crippen LogP contribution in [0.1, 0.15) is 17.2 Å². The van der Waals surface area contributed by atoms with E-state index in [0.29, 0.717) is 11.6 Å². The van der Waals surface area contributed by atoms with Crippen LogP contribution in [0.5, 0.6) is 0 Å². The van der Waals surface area contributed by atoms with Gasteiger partial charge in [-0.05, 0) is 33.7 Å². The standard InChI is InChI=1S/C16H14ClN5O/c17-14-8-4-5-12(9-14)10-18-16(23)15(22-11-19-20-21-22)13-6-2-1-3-7-13/h1-9,11,15H,10H2,(H,18,23)/t15-/m0/s1. The molecule has 0 saturated carbocycles. The normalized spacial score (nSPS) is 11.9. The Hall–Kier alpha value is -2.73. The van der Waals surface area contributed by atoms with E-state index in [-0.39, 0.29) is 5.91 Å². The predicted molar refractivity (Wildman–Crippen MR) is 85.7 cm³/mol. The van der Waals surface area contributed by atoms with Gasteiger partial charge in [0.15, 0.2) is 6.04 Å². The lowest BCUT2D eigenvalue weighted by molar-refractivity contribution is -0.123. The number of benzene rings is 2. The highest BCUT2D eigenvalue weighted by atomic mass is 35.5. The number of hydrogen-bond acceptors (Lipinski definition) is 4. The third-order valence-electron chi connectivity index (χ3n) is 3.35. The number of aromatic nitrogens is 4. The highest BCUT2D eigenvalue weighted by Gasteiger charge is 2.23. The minimum Gasteiger partial charge on any atom is -0.350 e. The van der Waals surface area contributed by atoms with Crippen LogP contribution in [0.3, 0.4) is 0 Å². The topological polar surface area (TPSA) is 72.7 Å². The summed E-state index contributed by atoms with van der Waals surface area (Å²) in [5.41, 5.74) is 1.73. The molecule has 0 spiro atoms. The summed E-state index contributed by atoms with van der Waals surface area (Å²) in [6.45, 7) is 0.380. The first-order valence-electron chi connectivity index (χ1n) is 7.03. The molecular weight excluding hydrogens is 314 g/mol. The van der Waals surface area contributed by atoms with Crippen LogP contribution in [-0.4, -0.2) is 26.1 Å². The summed E-state index contributed by atoms with van der Waals surface area (Å²) in [5.74, 6) is -0.191. The smallest absolute Gasteiger partial charge is 0.249 e. The van der Waals surface area contributed by atoms with Crippen molar-refractivity contribution in [1.82, 2.24) is 25.5 Å². The number of nitrogens with one attached hydrogen (secondary N) is 1. The molecule has 1 N–H and O–H groups in total. The fourth-order valence-electron chi connectivity index (χ4n) is 2.28. The maximum absolute atomic E-state index is 12.6. The zero-order valence-corrected chi connectivity index (χ0v) is 12.9. The van der Waals surface area contributed by atoms with Crippen LogP contribution in [-0.2, 0) is 11.3 Å². The lowest BCUT2D eigenvalue weighted by Gasteiger charge is -2.16. The lowest BCUT2D eigenvalue weighted by Crippen LogP contribution is -2.33. The molecule has 0 saturated heterocycles. The predicted octanol–water partition coefficient (Wildman–Crippen LogP) is 2.23. The zero-order chi connectivity index (χ0) is 16.1. The minimum absolute atomic E-state index is 0.191. The molecule has 23 heavy (non-hydrogen) atoms. The third-order valence-corrected chi connectivity index (χ3v) is 3.58. The number of carbonyl (C=O) groups excluding carboxylic acids is 1. The fraction of sp³-hybridized carbons (Fsp3) is 0.125. The molecule has 0 aliphatic heterocycles. The van der Waals surface area contributed by atoms with Crippen LogP contribution in [0.15, 0.2) is 60.9 Å². The Labute approximate surface area is 138 Å². The van der Waals surface area contributed by atoms with E-state index >= 15 is 0 Å². The Bertz CT molecular complexity index is 776. The molecule has 7 heteroatoms. The zero-order valence-electron chi connectivity index (χ0n) is 12.1. The van der Waals surface area contributed by atoms with Gasteiger partial charge < -0.3 is 5.32 Å². The average Bonchev–Trinajstić information content (AvgIpc) is 3.08. The third kappa shape index (κ3) is 3.73. The average molecular weight is 328 g/mol.